The number of hydrogen-bond acceptors (Lipinski definition) is 4. The molecule has 1 unspecified atom stereocenters. The standard InChI is InChI=1S/C14H19N3O2S2/c1-11-9-16(2)14(15-11)12-5-3-7-17(10-12)21(18,19)13-6-4-8-20-13/h4,6,8-9,12H,3,5,7,10H2,1-2H3. The van der Waals surface area contributed by atoms with Crippen LogP contribution in [0.2, 0.25) is 0 Å². The highest BCUT2D eigenvalue weighted by Crippen LogP contribution is 2.30. The van der Waals surface area contributed by atoms with Gasteiger partial charge in [0, 0.05) is 32.3 Å². The van der Waals surface area contributed by atoms with Crippen LogP contribution in [-0.2, 0) is 17.1 Å². The quantitative estimate of drug-likeness (QED) is 0.870. The third-order valence-electron chi connectivity index (χ3n) is 3.87. The molecule has 0 spiro atoms. The van der Waals surface area contributed by atoms with Gasteiger partial charge in [0.05, 0.1) is 5.69 Å². The number of piperidine rings is 1. The Morgan fingerprint density at radius 2 is 2.24 bits per heavy atom. The van der Waals surface area contributed by atoms with Crippen molar-refractivity contribution < 1.29 is 8.42 Å². The van der Waals surface area contributed by atoms with E-state index in [0.717, 1.165) is 24.4 Å². The van der Waals surface area contributed by atoms with Gasteiger partial charge in [-0.25, -0.2) is 13.4 Å². The molecule has 114 valence electrons. The van der Waals surface area contributed by atoms with E-state index in [1.165, 1.54) is 11.3 Å². The Bertz CT molecular complexity index is 719. The van der Waals surface area contributed by atoms with Crippen LogP contribution < -0.4 is 0 Å². The Hall–Kier alpha value is -1.18. The molecule has 0 bridgehead atoms. The Balaban J connectivity index is 1.85. The molecule has 1 aliphatic heterocycles. The third kappa shape index (κ3) is 2.77. The van der Waals surface area contributed by atoms with Gasteiger partial charge in [0.1, 0.15) is 10.0 Å². The summed E-state index contributed by atoms with van der Waals surface area (Å²) in [6, 6.07) is 3.45. The summed E-state index contributed by atoms with van der Waals surface area (Å²) in [6.45, 7) is 3.08. The molecule has 0 aliphatic carbocycles. The fourth-order valence-electron chi connectivity index (χ4n) is 2.92. The molecule has 1 atom stereocenters. The summed E-state index contributed by atoms with van der Waals surface area (Å²) in [4.78, 5) is 4.56. The number of sulfonamides is 1. The van der Waals surface area contributed by atoms with Crippen molar-refractivity contribution in [2.45, 2.75) is 29.9 Å². The minimum atomic E-state index is -3.35. The van der Waals surface area contributed by atoms with E-state index in [4.69, 9.17) is 0 Å². The normalized spacial score (nSPS) is 20.8. The first-order chi connectivity index (χ1) is 9.98. The summed E-state index contributed by atoms with van der Waals surface area (Å²) in [5.41, 5.74) is 0.978. The molecule has 5 nitrogen and oxygen atoms in total. The molecule has 3 heterocycles. The molecule has 0 radical (unpaired) electrons. The van der Waals surface area contributed by atoms with Crippen molar-refractivity contribution in [3.63, 3.8) is 0 Å². The predicted octanol–water partition coefficient (Wildman–Crippen LogP) is 2.36. The second-order valence-corrected chi connectivity index (χ2v) is 8.60. The van der Waals surface area contributed by atoms with Crippen LogP contribution in [0.25, 0.3) is 0 Å². The van der Waals surface area contributed by atoms with E-state index in [1.807, 2.05) is 24.7 Å². The maximum atomic E-state index is 12.6. The lowest BCUT2D eigenvalue weighted by atomic mass is 9.99. The number of imidazole rings is 1. The van der Waals surface area contributed by atoms with Crippen molar-refractivity contribution in [1.29, 1.82) is 0 Å². The number of rotatable bonds is 3. The second kappa shape index (κ2) is 5.55. The molecule has 3 rings (SSSR count). The van der Waals surface area contributed by atoms with Crippen LogP contribution in [0.4, 0.5) is 0 Å². The largest absolute Gasteiger partial charge is 0.337 e. The topological polar surface area (TPSA) is 55.2 Å². The van der Waals surface area contributed by atoms with E-state index in [-0.39, 0.29) is 5.92 Å². The lowest BCUT2D eigenvalue weighted by Crippen LogP contribution is -2.39. The van der Waals surface area contributed by atoms with Gasteiger partial charge in [-0.1, -0.05) is 6.07 Å². The smallest absolute Gasteiger partial charge is 0.252 e. The highest BCUT2D eigenvalue weighted by Gasteiger charge is 2.32. The van der Waals surface area contributed by atoms with Gasteiger partial charge in [0.25, 0.3) is 10.0 Å². The van der Waals surface area contributed by atoms with E-state index in [2.05, 4.69) is 4.98 Å². The highest BCUT2D eigenvalue weighted by molar-refractivity contribution is 7.91. The molecule has 21 heavy (non-hydrogen) atoms. The molecule has 1 fully saturated rings. The van der Waals surface area contributed by atoms with Gasteiger partial charge in [0.2, 0.25) is 0 Å². The van der Waals surface area contributed by atoms with Crippen LogP contribution in [0, 0.1) is 6.92 Å². The zero-order valence-corrected chi connectivity index (χ0v) is 13.8. The first-order valence-electron chi connectivity index (χ1n) is 7.02. The number of hydrogen-bond donors (Lipinski definition) is 0. The molecule has 0 amide bonds. The summed E-state index contributed by atoms with van der Waals surface area (Å²) in [7, 11) is -1.38. The molecule has 2 aromatic rings. The van der Waals surface area contributed by atoms with E-state index < -0.39 is 10.0 Å². The molecule has 0 N–H and O–H groups in total. The van der Waals surface area contributed by atoms with Crippen LogP contribution in [0.5, 0.6) is 0 Å². The van der Waals surface area contributed by atoms with Crippen LogP contribution in [-0.4, -0.2) is 35.4 Å². The Morgan fingerprint density at radius 3 is 2.86 bits per heavy atom. The van der Waals surface area contributed by atoms with Crippen molar-refractivity contribution in [2.24, 2.45) is 7.05 Å². The van der Waals surface area contributed by atoms with Crippen molar-refractivity contribution in [2.75, 3.05) is 13.1 Å². The maximum absolute atomic E-state index is 12.6. The van der Waals surface area contributed by atoms with Gasteiger partial charge in [-0.05, 0) is 31.2 Å². The third-order valence-corrected chi connectivity index (χ3v) is 7.11. The zero-order valence-electron chi connectivity index (χ0n) is 12.2. The summed E-state index contributed by atoms with van der Waals surface area (Å²) >= 11 is 1.28. The highest BCUT2D eigenvalue weighted by atomic mass is 32.2. The van der Waals surface area contributed by atoms with E-state index >= 15 is 0 Å². The van der Waals surface area contributed by atoms with Crippen LogP contribution in [0.3, 0.4) is 0 Å². The van der Waals surface area contributed by atoms with E-state index in [0.29, 0.717) is 17.3 Å². The number of aryl methyl sites for hydroxylation is 2. The summed E-state index contributed by atoms with van der Waals surface area (Å²) in [5, 5.41) is 1.80. The number of thiophene rings is 1. The van der Waals surface area contributed by atoms with E-state index in [1.54, 1.807) is 21.8 Å². The lowest BCUT2D eigenvalue weighted by Gasteiger charge is -2.31. The van der Waals surface area contributed by atoms with Crippen LogP contribution in [0.1, 0.15) is 30.3 Å². The average Bonchev–Trinajstić information content (AvgIpc) is 3.09. The molecule has 0 aromatic carbocycles. The molecular formula is C14H19N3O2S2. The number of aromatic nitrogens is 2. The van der Waals surface area contributed by atoms with Gasteiger partial charge < -0.3 is 4.57 Å². The van der Waals surface area contributed by atoms with Crippen LogP contribution >= 0.6 is 11.3 Å². The van der Waals surface area contributed by atoms with Crippen molar-refractivity contribution in [1.82, 2.24) is 13.9 Å². The van der Waals surface area contributed by atoms with Crippen molar-refractivity contribution in [3.8, 4) is 0 Å². The fourth-order valence-corrected chi connectivity index (χ4v) is 5.59. The van der Waals surface area contributed by atoms with Crippen LogP contribution in [0.15, 0.2) is 27.9 Å². The molecule has 1 saturated heterocycles. The van der Waals surface area contributed by atoms with Crippen molar-refractivity contribution in [3.05, 3.63) is 35.2 Å². The Morgan fingerprint density at radius 1 is 1.43 bits per heavy atom. The Kier molecular flexibility index (Phi) is 3.90. The zero-order chi connectivity index (χ0) is 15.0. The minimum Gasteiger partial charge on any atom is -0.337 e. The summed E-state index contributed by atoms with van der Waals surface area (Å²) in [5.74, 6) is 1.16. The molecule has 1 aliphatic rings. The summed E-state index contributed by atoms with van der Waals surface area (Å²) in [6.07, 6.45) is 3.85. The monoisotopic (exact) mass is 325 g/mol. The van der Waals surface area contributed by atoms with Gasteiger partial charge in [0.15, 0.2) is 0 Å². The maximum Gasteiger partial charge on any atom is 0.252 e. The molecular weight excluding hydrogens is 306 g/mol. The molecule has 7 heteroatoms. The molecule has 0 saturated carbocycles. The minimum absolute atomic E-state index is 0.173. The predicted molar refractivity (Wildman–Crippen MR) is 83.0 cm³/mol. The Labute approximate surface area is 129 Å². The van der Waals surface area contributed by atoms with Crippen molar-refractivity contribution >= 4 is 21.4 Å². The first-order valence-corrected chi connectivity index (χ1v) is 9.34. The summed E-state index contributed by atoms with van der Waals surface area (Å²) < 4.78 is 29.3. The fraction of sp³-hybridized carbons (Fsp3) is 0.500. The van der Waals surface area contributed by atoms with Gasteiger partial charge >= 0.3 is 0 Å². The first kappa shape index (κ1) is 14.7. The van der Waals surface area contributed by atoms with Gasteiger partial charge in [-0.3, -0.25) is 0 Å². The lowest BCUT2D eigenvalue weighted by molar-refractivity contribution is 0.307. The SMILES string of the molecule is Cc1cn(C)c(C2CCCN(S(=O)(=O)c3cccs3)C2)n1. The van der Waals surface area contributed by atoms with Gasteiger partial charge in [-0.15, -0.1) is 11.3 Å². The molecule has 2 aromatic heterocycles. The second-order valence-electron chi connectivity index (χ2n) is 5.49. The number of nitrogens with zero attached hydrogens (tertiary/aromatic N) is 3. The van der Waals surface area contributed by atoms with Gasteiger partial charge in [-0.2, -0.15) is 4.31 Å². The van der Waals surface area contributed by atoms with E-state index in [9.17, 15) is 8.42 Å². The average molecular weight is 325 g/mol.